The van der Waals surface area contributed by atoms with E-state index in [1.54, 1.807) is 0 Å². The molecule has 1 unspecified atom stereocenters. The van der Waals surface area contributed by atoms with Crippen LogP contribution in [0.1, 0.15) is 26.5 Å². The molecule has 0 N–H and O–H groups in total. The van der Waals surface area contributed by atoms with Crippen molar-refractivity contribution in [3.8, 4) is 0 Å². The lowest BCUT2D eigenvalue weighted by Gasteiger charge is -2.24. The predicted octanol–water partition coefficient (Wildman–Crippen LogP) is 1.87. The number of hydrogen-bond donors (Lipinski definition) is 0. The van der Waals surface area contributed by atoms with Gasteiger partial charge in [0, 0.05) is 11.2 Å². The van der Waals surface area contributed by atoms with Crippen molar-refractivity contribution in [2.24, 2.45) is 5.41 Å². The van der Waals surface area contributed by atoms with E-state index in [1.165, 1.54) is 4.63 Å². The SMILES string of the molecule is CC(C)(C)C(Br)Cc1ccc2nnnn2n1. The molecule has 0 fully saturated rings. The normalized spacial score (nSPS) is 14.2. The zero-order valence-electron chi connectivity index (χ0n) is 9.55. The van der Waals surface area contributed by atoms with Gasteiger partial charge in [0.2, 0.25) is 0 Å². The van der Waals surface area contributed by atoms with Crippen LogP contribution < -0.4 is 0 Å². The van der Waals surface area contributed by atoms with Crippen LogP contribution in [0, 0.1) is 5.41 Å². The van der Waals surface area contributed by atoms with Crippen molar-refractivity contribution in [2.45, 2.75) is 32.0 Å². The Morgan fingerprint density at radius 1 is 1.38 bits per heavy atom. The van der Waals surface area contributed by atoms with E-state index < -0.39 is 0 Å². The van der Waals surface area contributed by atoms with Gasteiger partial charge in [0.25, 0.3) is 0 Å². The Bertz CT molecular complexity index is 487. The fraction of sp³-hybridized carbons (Fsp3) is 0.600. The van der Waals surface area contributed by atoms with Crippen LogP contribution in [0.25, 0.3) is 5.65 Å². The van der Waals surface area contributed by atoms with Gasteiger partial charge in [-0.25, -0.2) is 0 Å². The van der Waals surface area contributed by atoms with Gasteiger partial charge in [-0.15, -0.1) is 9.73 Å². The summed E-state index contributed by atoms with van der Waals surface area (Å²) in [6.45, 7) is 6.59. The largest absolute Gasteiger partial charge is 0.199 e. The summed E-state index contributed by atoms with van der Waals surface area (Å²) in [5.41, 5.74) is 1.86. The van der Waals surface area contributed by atoms with Crippen LogP contribution in [0.15, 0.2) is 12.1 Å². The second-order valence-electron chi connectivity index (χ2n) is 4.89. The molecule has 5 nitrogen and oxygen atoms in total. The number of rotatable bonds is 2. The third kappa shape index (κ3) is 2.37. The minimum atomic E-state index is 0.206. The summed E-state index contributed by atoms with van der Waals surface area (Å²) >= 11 is 3.69. The molecule has 0 aliphatic heterocycles. The predicted molar refractivity (Wildman–Crippen MR) is 64.5 cm³/mol. The Balaban J connectivity index is 2.21. The third-order valence-electron chi connectivity index (χ3n) is 2.45. The second kappa shape index (κ2) is 4.08. The van der Waals surface area contributed by atoms with Crippen molar-refractivity contribution in [2.75, 3.05) is 0 Å². The molecule has 0 bridgehead atoms. The summed E-state index contributed by atoms with van der Waals surface area (Å²) in [7, 11) is 0. The molecule has 2 aromatic rings. The lowest BCUT2D eigenvalue weighted by atomic mass is 9.89. The lowest BCUT2D eigenvalue weighted by molar-refractivity contribution is 0.395. The molecule has 2 rings (SSSR count). The van der Waals surface area contributed by atoms with Crippen molar-refractivity contribution in [3.63, 3.8) is 0 Å². The van der Waals surface area contributed by atoms with Crippen molar-refractivity contribution in [1.29, 1.82) is 0 Å². The average molecular weight is 284 g/mol. The monoisotopic (exact) mass is 283 g/mol. The summed E-state index contributed by atoms with van der Waals surface area (Å²) in [6.07, 6.45) is 0.860. The molecule has 0 spiro atoms. The topological polar surface area (TPSA) is 56.0 Å². The molecule has 0 saturated carbocycles. The van der Waals surface area contributed by atoms with E-state index in [-0.39, 0.29) is 5.41 Å². The van der Waals surface area contributed by atoms with Crippen LogP contribution in [0.3, 0.4) is 0 Å². The van der Waals surface area contributed by atoms with Crippen LogP contribution in [0.5, 0.6) is 0 Å². The highest BCUT2D eigenvalue weighted by atomic mass is 79.9. The van der Waals surface area contributed by atoms with Gasteiger partial charge in [-0.3, -0.25) is 0 Å². The maximum atomic E-state index is 4.34. The Kier molecular flexibility index (Phi) is 2.92. The molecule has 2 heterocycles. The number of tetrazole rings is 1. The fourth-order valence-electron chi connectivity index (χ4n) is 1.29. The molecule has 0 aliphatic rings. The quantitative estimate of drug-likeness (QED) is 0.790. The summed E-state index contributed by atoms with van der Waals surface area (Å²) in [5, 5.41) is 15.5. The van der Waals surface area contributed by atoms with Gasteiger partial charge in [-0.1, -0.05) is 36.7 Å². The van der Waals surface area contributed by atoms with Gasteiger partial charge < -0.3 is 0 Å². The van der Waals surface area contributed by atoms with Crippen molar-refractivity contribution in [3.05, 3.63) is 17.8 Å². The maximum Gasteiger partial charge on any atom is 0.199 e. The molecule has 0 saturated heterocycles. The highest BCUT2D eigenvalue weighted by Gasteiger charge is 2.22. The Labute approximate surface area is 102 Å². The van der Waals surface area contributed by atoms with Crippen LogP contribution in [0.2, 0.25) is 0 Å². The summed E-state index contributed by atoms with van der Waals surface area (Å²) in [6, 6.07) is 3.84. The molecule has 6 heteroatoms. The van der Waals surface area contributed by atoms with Gasteiger partial charge in [-0.2, -0.15) is 5.10 Å². The molecule has 86 valence electrons. The minimum absolute atomic E-state index is 0.206. The van der Waals surface area contributed by atoms with E-state index in [2.05, 4.69) is 57.3 Å². The Morgan fingerprint density at radius 2 is 2.12 bits per heavy atom. The maximum absolute atomic E-state index is 4.34. The van der Waals surface area contributed by atoms with Crippen molar-refractivity contribution in [1.82, 2.24) is 25.3 Å². The molecular formula is C10H14BrN5. The molecule has 1 atom stereocenters. The van der Waals surface area contributed by atoms with Gasteiger partial charge in [0.15, 0.2) is 5.65 Å². The van der Waals surface area contributed by atoms with E-state index in [9.17, 15) is 0 Å². The molecule has 0 radical (unpaired) electrons. The first-order chi connectivity index (χ1) is 7.47. The smallest absolute Gasteiger partial charge is 0.152 e. The number of alkyl halides is 1. The van der Waals surface area contributed by atoms with Gasteiger partial charge in [0.05, 0.1) is 5.69 Å². The number of nitrogens with zero attached hydrogens (tertiary/aromatic N) is 5. The average Bonchev–Trinajstić information content (AvgIpc) is 2.63. The Morgan fingerprint density at radius 3 is 2.81 bits per heavy atom. The molecule has 0 aliphatic carbocycles. The number of aromatic nitrogens is 5. The second-order valence-corrected chi connectivity index (χ2v) is 5.99. The van der Waals surface area contributed by atoms with Crippen LogP contribution in [0.4, 0.5) is 0 Å². The van der Waals surface area contributed by atoms with Crippen LogP contribution >= 0.6 is 15.9 Å². The Hall–Kier alpha value is -1.04. The van der Waals surface area contributed by atoms with E-state index in [4.69, 9.17) is 0 Å². The zero-order chi connectivity index (χ0) is 11.8. The van der Waals surface area contributed by atoms with Gasteiger partial charge in [0.1, 0.15) is 0 Å². The zero-order valence-corrected chi connectivity index (χ0v) is 11.1. The summed E-state index contributed by atoms with van der Waals surface area (Å²) in [4.78, 5) is 0.376. The fourth-order valence-corrected chi connectivity index (χ4v) is 1.62. The number of hydrogen-bond acceptors (Lipinski definition) is 4. The summed E-state index contributed by atoms with van der Waals surface area (Å²) in [5.74, 6) is 0. The first kappa shape index (κ1) is 11.4. The van der Waals surface area contributed by atoms with Gasteiger partial charge >= 0.3 is 0 Å². The standard InChI is InChI=1S/C10H14BrN5/c1-10(2,3)8(11)6-7-4-5-9-12-14-15-16(9)13-7/h4-5,8H,6H2,1-3H3. The highest BCUT2D eigenvalue weighted by molar-refractivity contribution is 9.09. The number of fused-ring (bicyclic) bond motifs is 1. The van der Waals surface area contributed by atoms with E-state index in [0.717, 1.165) is 12.1 Å². The van der Waals surface area contributed by atoms with Crippen LogP contribution in [-0.2, 0) is 6.42 Å². The first-order valence-electron chi connectivity index (χ1n) is 5.15. The number of halogens is 1. The lowest BCUT2D eigenvalue weighted by Crippen LogP contribution is -2.23. The molecule has 0 aromatic carbocycles. The van der Waals surface area contributed by atoms with Gasteiger partial charge in [-0.05, 0) is 28.0 Å². The minimum Gasteiger partial charge on any atom is -0.152 e. The van der Waals surface area contributed by atoms with Crippen LogP contribution in [-0.4, -0.2) is 30.1 Å². The first-order valence-corrected chi connectivity index (χ1v) is 6.07. The van der Waals surface area contributed by atoms with Crippen molar-refractivity contribution < 1.29 is 0 Å². The highest BCUT2D eigenvalue weighted by Crippen LogP contribution is 2.28. The molecule has 2 aromatic heterocycles. The van der Waals surface area contributed by atoms with E-state index in [0.29, 0.717) is 10.5 Å². The molecule has 0 amide bonds. The summed E-state index contributed by atoms with van der Waals surface area (Å²) < 4.78 is 1.46. The molecule has 16 heavy (non-hydrogen) atoms. The van der Waals surface area contributed by atoms with E-state index in [1.807, 2.05) is 12.1 Å². The van der Waals surface area contributed by atoms with E-state index >= 15 is 0 Å². The van der Waals surface area contributed by atoms with Crippen molar-refractivity contribution >= 4 is 21.6 Å². The molecular weight excluding hydrogens is 270 g/mol. The third-order valence-corrected chi connectivity index (χ3v) is 4.15.